The molecule has 2 aliphatic rings. The van der Waals surface area contributed by atoms with Crippen LogP contribution in [0.3, 0.4) is 0 Å². The molecule has 0 radical (unpaired) electrons. The zero-order chi connectivity index (χ0) is 22.2. The molecule has 2 fully saturated rings. The number of hydrogen-bond acceptors (Lipinski definition) is 6. The molecule has 0 spiro atoms. The van der Waals surface area contributed by atoms with Gasteiger partial charge in [-0.2, -0.15) is 0 Å². The molecule has 3 aromatic rings. The second kappa shape index (κ2) is 8.64. The number of benzene rings is 2. The van der Waals surface area contributed by atoms with Crippen LogP contribution in [0.1, 0.15) is 65.9 Å². The number of non-ortho nitro benzene ring substituents is 1. The summed E-state index contributed by atoms with van der Waals surface area (Å²) >= 11 is 1.59. The number of rotatable bonds is 4. The topological polar surface area (TPSA) is 89.5 Å². The molecule has 2 saturated heterocycles. The van der Waals surface area contributed by atoms with Crippen molar-refractivity contribution in [2.24, 2.45) is 0 Å². The number of thiophene rings is 1. The molecule has 166 valence electrons. The summed E-state index contributed by atoms with van der Waals surface area (Å²) < 4.78 is 1.09. The zero-order valence-corrected chi connectivity index (χ0v) is 18.8. The van der Waals surface area contributed by atoms with Crippen LogP contribution in [0.4, 0.5) is 10.7 Å². The van der Waals surface area contributed by atoms with Gasteiger partial charge in [-0.3, -0.25) is 14.9 Å². The summed E-state index contributed by atoms with van der Waals surface area (Å²) in [7, 11) is 0. The molecule has 2 N–H and O–H groups in total. The predicted octanol–water partition coefficient (Wildman–Crippen LogP) is 5.74. The second-order valence-electron chi connectivity index (χ2n) is 8.98. The van der Waals surface area contributed by atoms with Crippen molar-refractivity contribution in [1.29, 1.82) is 0 Å². The van der Waals surface area contributed by atoms with Crippen molar-refractivity contribution < 1.29 is 9.72 Å². The van der Waals surface area contributed by atoms with Crippen LogP contribution in [0, 0.1) is 10.1 Å². The number of nitrogen functional groups attached to an aromatic ring is 1. The van der Waals surface area contributed by atoms with E-state index in [4.69, 9.17) is 5.73 Å². The van der Waals surface area contributed by atoms with Gasteiger partial charge in [0.1, 0.15) is 0 Å². The Hall–Kier alpha value is -2.77. The number of nitro benzene ring substituents is 1. The fourth-order valence-electron chi connectivity index (χ4n) is 5.45. The van der Waals surface area contributed by atoms with Gasteiger partial charge in [-0.05, 0) is 80.3 Å². The first-order chi connectivity index (χ1) is 15.5. The van der Waals surface area contributed by atoms with Gasteiger partial charge in [0.2, 0.25) is 0 Å². The highest BCUT2D eigenvalue weighted by molar-refractivity contribution is 7.22. The van der Waals surface area contributed by atoms with Crippen LogP contribution >= 0.6 is 11.3 Å². The van der Waals surface area contributed by atoms with Gasteiger partial charge in [-0.1, -0.05) is 18.6 Å². The Bertz CT molecular complexity index is 1170. The van der Waals surface area contributed by atoms with Crippen LogP contribution in [0.5, 0.6) is 0 Å². The van der Waals surface area contributed by atoms with Gasteiger partial charge in [0.05, 0.1) is 9.92 Å². The fourth-order valence-corrected chi connectivity index (χ4v) is 6.49. The van der Waals surface area contributed by atoms with E-state index >= 15 is 0 Å². The molecule has 6 nitrogen and oxygen atoms in total. The molecular weight excluding hydrogens is 422 g/mol. The number of nitro groups is 1. The Labute approximate surface area is 191 Å². The van der Waals surface area contributed by atoms with Crippen molar-refractivity contribution in [2.45, 2.75) is 50.5 Å². The van der Waals surface area contributed by atoms with Crippen LogP contribution in [-0.4, -0.2) is 34.7 Å². The van der Waals surface area contributed by atoms with Gasteiger partial charge in [0, 0.05) is 34.0 Å². The first kappa shape index (κ1) is 21.1. The number of ketones is 1. The third-order valence-electron chi connectivity index (χ3n) is 7.11. The van der Waals surface area contributed by atoms with E-state index < -0.39 is 4.92 Å². The molecule has 0 bridgehead atoms. The largest absolute Gasteiger partial charge is 0.390 e. The van der Waals surface area contributed by atoms with E-state index in [2.05, 4.69) is 4.90 Å². The van der Waals surface area contributed by atoms with Gasteiger partial charge < -0.3 is 10.6 Å². The summed E-state index contributed by atoms with van der Waals surface area (Å²) in [5, 5.41) is 13.0. The second-order valence-corrected chi connectivity index (χ2v) is 10.1. The standard InChI is InChI=1S/C25H27N3O3S/c26-25-23(16-7-9-19-5-1-2-12-27(19)13-11-16)21-15-18(8-10-22(21)32-25)24(29)17-4-3-6-20(14-17)28(30)31/h3-4,6,8,10,14-16,19H,1-2,5,7,9,11-13,26H2. The smallest absolute Gasteiger partial charge is 0.270 e. The first-order valence-corrected chi connectivity index (χ1v) is 12.2. The molecule has 0 saturated carbocycles. The van der Waals surface area contributed by atoms with E-state index in [9.17, 15) is 14.9 Å². The Morgan fingerprint density at radius 2 is 1.88 bits per heavy atom. The molecule has 3 heterocycles. The number of carbonyl (C=O) groups excluding carboxylic acids is 1. The van der Waals surface area contributed by atoms with Gasteiger partial charge in [0.15, 0.2) is 5.78 Å². The Morgan fingerprint density at radius 1 is 1.03 bits per heavy atom. The van der Waals surface area contributed by atoms with Crippen molar-refractivity contribution in [3.05, 3.63) is 69.3 Å². The molecule has 2 aromatic carbocycles. The summed E-state index contributed by atoms with van der Waals surface area (Å²) in [4.78, 5) is 26.4. The SMILES string of the molecule is Nc1sc2ccc(C(=O)c3cccc([N+](=O)[O-])c3)cc2c1C1CCC2CCCCN2CC1. The highest BCUT2D eigenvalue weighted by Crippen LogP contribution is 2.44. The van der Waals surface area contributed by atoms with E-state index in [0.29, 0.717) is 23.1 Å². The number of fused-ring (bicyclic) bond motifs is 2. The van der Waals surface area contributed by atoms with Crippen LogP contribution in [0.2, 0.25) is 0 Å². The lowest BCUT2D eigenvalue weighted by atomic mass is 9.89. The predicted molar refractivity (Wildman–Crippen MR) is 129 cm³/mol. The Kier molecular flexibility index (Phi) is 5.69. The minimum atomic E-state index is -0.475. The van der Waals surface area contributed by atoms with E-state index in [1.807, 2.05) is 12.1 Å². The molecule has 7 heteroatoms. The summed E-state index contributed by atoms with van der Waals surface area (Å²) in [5.41, 5.74) is 8.51. The van der Waals surface area contributed by atoms with Crippen molar-refractivity contribution >= 4 is 37.9 Å². The van der Waals surface area contributed by atoms with Crippen LogP contribution < -0.4 is 5.73 Å². The molecule has 0 aliphatic carbocycles. The number of nitrogens with two attached hydrogens (primary N) is 1. The number of anilines is 1. The lowest BCUT2D eigenvalue weighted by molar-refractivity contribution is -0.384. The van der Waals surface area contributed by atoms with Gasteiger partial charge >= 0.3 is 0 Å². The van der Waals surface area contributed by atoms with Gasteiger partial charge in [-0.25, -0.2) is 0 Å². The maximum absolute atomic E-state index is 13.1. The molecule has 32 heavy (non-hydrogen) atoms. The van der Waals surface area contributed by atoms with Crippen LogP contribution in [0.25, 0.3) is 10.1 Å². The van der Waals surface area contributed by atoms with E-state index in [1.54, 1.807) is 29.5 Å². The Balaban J connectivity index is 1.48. The maximum Gasteiger partial charge on any atom is 0.270 e. The average Bonchev–Trinajstić information content (AvgIpc) is 2.99. The third-order valence-corrected chi connectivity index (χ3v) is 8.12. The number of nitrogens with zero attached hydrogens (tertiary/aromatic N) is 2. The monoisotopic (exact) mass is 449 g/mol. The lowest BCUT2D eigenvalue weighted by Gasteiger charge is -2.33. The minimum Gasteiger partial charge on any atom is -0.390 e. The molecule has 2 unspecified atom stereocenters. The first-order valence-electron chi connectivity index (χ1n) is 11.4. The van der Waals surface area contributed by atoms with Crippen molar-refractivity contribution in [2.75, 3.05) is 18.8 Å². The van der Waals surface area contributed by atoms with E-state index in [-0.39, 0.29) is 11.5 Å². The molecule has 5 rings (SSSR count). The number of carbonyl (C=O) groups is 1. The van der Waals surface area contributed by atoms with Crippen molar-refractivity contribution in [1.82, 2.24) is 4.90 Å². The van der Waals surface area contributed by atoms with Crippen molar-refractivity contribution in [3.63, 3.8) is 0 Å². The summed E-state index contributed by atoms with van der Waals surface area (Å²) in [6.45, 7) is 2.32. The molecule has 1 aromatic heterocycles. The summed E-state index contributed by atoms with van der Waals surface area (Å²) in [5.74, 6) is 0.196. The van der Waals surface area contributed by atoms with E-state index in [1.165, 1.54) is 49.9 Å². The highest BCUT2D eigenvalue weighted by Gasteiger charge is 2.30. The minimum absolute atomic E-state index is 0.0766. The quantitative estimate of drug-likeness (QED) is 0.311. The van der Waals surface area contributed by atoms with Gasteiger partial charge in [0.25, 0.3) is 5.69 Å². The Morgan fingerprint density at radius 3 is 2.72 bits per heavy atom. The van der Waals surface area contributed by atoms with Gasteiger partial charge in [-0.15, -0.1) is 11.3 Å². The third kappa shape index (κ3) is 3.91. The molecular formula is C25H27N3O3S. The molecule has 0 amide bonds. The lowest BCUT2D eigenvalue weighted by Crippen LogP contribution is -2.38. The van der Waals surface area contributed by atoms with E-state index in [0.717, 1.165) is 34.5 Å². The highest BCUT2D eigenvalue weighted by atomic mass is 32.1. The normalized spacial score (nSPS) is 21.8. The molecule has 2 aliphatic heterocycles. The maximum atomic E-state index is 13.1. The average molecular weight is 450 g/mol. The number of piperidine rings is 1. The van der Waals surface area contributed by atoms with Crippen molar-refractivity contribution in [3.8, 4) is 0 Å². The fraction of sp³-hybridized carbons (Fsp3) is 0.400. The van der Waals surface area contributed by atoms with Crippen LogP contribution in [0.15, 0.2) is 42.5 Å². The summed E-state index contributed by atoms with van der Waals surface area (Å²) in [6.07, 6.45) is 7.35. The zero-order valence-electron chi connectivity index (χ0n) is 18.0. The van der Waals surface area contributed by atoms with Crippen LogP contribution in [-0.2, 0) is 0 Å². The summed E-state index contributed by atoms with van der Waals surface area (Å²) in [6, 6.07) is 12.3. The number of hydrogen-bond donors (Lipinski definition) is 1. The molecule has 2 atom stereocenters.